The van der Waals surface area contributed by atoms with Crippen molar-refractivity contribution in [2.75, 3.05) is 7.11 Å². The van der Waals surface area contributed by atoms with Crippen LogP contribution >= 0.6 is 0 Å². The molecule has 0 bridgehead atoms. The Labute approximate surface area is 116 Å². The van der Waals surface area contributed by atoms with Crippen LogP contribution in [0.2, 0.25) is 0 Å². The molecule has 0 radical (unpaired) electrons. The summed E-state index contributed by atoms with van der Waals surface area (Å²) in [6.45, 7) is 1.99. The molecule has 5 heteroatoms. The van der Waals surface area contributed by atoms with E-state index in [1.54, 1.807) is 13.2 Å². The van der Waals surface area contributed by atoms with Crippen LogP contribution in [0, 0.1) is 12.7 Å². The first-order valence-corrected chi connectivity index (χ1v) is 6.14. The predicted molar refractivity (Wildman–Crippen MR) is 76.2 cm³/mol. The van der Waals surface area contributed by atoms with Gasteiger partial charge in [-0.15, -0.1) is 0 Å². The summed E-state index contributed by atoms with van der Waals surface area (Å²) in [5.41, 5.74) is 2.12. The number of imidazole rings is 1. The number of methoxy groups -OCH3 is 1. The molecule has 0 unspecified atom stereocenters. The van der Waals surface area contributed by atoms with Gasteiger partial charge in [0.2, 0.25) is 0 Å². The van der Waals surface area contributed by atoms with E-state index in [0.29, 0.717) is 0 Å². The molecule has 0 amide bonds. The molecule has 0 N–H and O–H groups in total. The maximum Gasteiger partial charge on any atom is 0.141 e. The molecule has 0 aliphatic rings. The number of hydrogen-bond donors (Lipinski definition) is 0. The van der Waals surface area contributed by atoms with Crippen LogP contribution in [0.25, 0.3) is 11.0 Å². The molecule has 3 rings (SSSR count). The van der Waals surface area contributed by atoms with Gasteiger partial charge in [-0.25, -0.2) is 9.37 Å². The summed E-state index contributed by atoms with van der Waals surface area (Å²) in [6.07, 6.45) is 2.70. The normalized spacial score (nSPS) is 10.0. The number of benzene rings is 1. The zero-order valence-corrected chi connectivity index (χ0v) is 11.7. The molecule has 20 heavy (non-hydrogen) atoms. The molecular formula is C15H16FN3O. The number of fused-ring (bicyclic) bond motifs is 1. The minimum absolute atomic E-state index is 0.289. The number of pyridine rings is 1. The second-order valence-corrected chi connectivity index (χ2v) is 4.24. The van der Waals surface area contributed by atoms with E-state index in [1.807, 2.05) is 32.2 Å². The third-order valence-corrected chi connectivity index (χ3v) is 2.94. The van der Waals surface area contributed by atoms with E-state index in [9.17, 15) is 4.39 Å². The lowest BCUT2D eigenvalue weighted by molar-refractivity contribution is 0.415. The van der Waals surface area contributed by atoms with Crippen LogP contribution in [0.5, 0.6) is 5.75 Å². The second-order valence-electron chi connectivity index (χ2n) is 4.24. The molecule has 0 saturated heterocycles. The Morgan fingerprint density at radius 1 is 1.25 bits per heavy atom. The SMILES string of the molecule is COc1ccc2c(c1)nc(C)n2C.Fc1cccnc1. The zero-order valence-electron chi connectivity index (χ0n) is 11.7. The summed E-state index contributed by atoms with van der Waals surface area (Å²) in [6, 6.07) is 8.82. The van der Waals surface area contributed by atoms with Crippen LogP contribution in [-0.2, 0) is 7.05 Å². The highest BCUT2D eigenvalue weighted by atomic mass is 19.1. The first-order chi connectivity index (χ1) is 9.61. The number of ether oxygens (including phenoxy) is 1. The third kappa shape index (κ3) is 3.12. The van der Waals surface area contributed by atoms with Crippen molar-refractivity contribution in [1.29, 1.82) is 0 Å². The van der Waals surface area contributed by atoms with Gasteiger partial charge in [-0.2, -0.15) is 0 Å². The molecule has 104 valence electrons. The number of nitrogens with zero attached hydrogens (tertiary/aromatic N) is 3. The van der Waals surface area contributed by atoms with Gasteiger partial charge in [0, 0.05) is 19.3 Å². The van der Waals surface area contributed by atoms with Gasteiger partial charge in [-0.3, -0.25) is 4.98 Å². The summed E-state index contributed by atoms with van der Waals surface area (Å²) in [5, 5.41) is 0. The zero-order chi connectivity index (χ0) is 14.5. The van der Waals surface area contributed by atoms with Gasteiger partial charge in [0.1, 0.15) is 17.4 Å². The highest BCUT2D eigenvalue weighted by Gasteiger charge is 2.03. The third-order valence-electron chi connectivity index (χ3n) is 2.94. The van der Waals surface area contributed by atoms with E-state index < -0.39 is 0 Å². The van der Waals surface area contributed by atoms with E-state index in [2.05, 4.69) is 14.5 Å². The van der Waals surface area contributed by atoms with Crippen LogP contribution in [0.15, 0.2) is 42.7 Å². The first kappa shape index (κ1) is 14.0. The van der Waals surface area contributed by atoms with E-state index >= 15 is 0 Å². The smallest absolute Gasteiger partial charge is 0.141 e. The van der Waals surface area contributed by atoms with Crippen molar-refractivity contribution in [2.45, 2.75) is 6.92 Å². The number of aromatic nitrogens is 3. The maximum atomic E-state index is 11.8. The van der Waals surface area contributed by atoms with Crippen molar-refractivity contribution in [2.24, 2.45) is 7.05 Å². The highest BCUT2D eigenvalue weighted by molar-refractivity contribution is 5.77. The van der Waals surface area contributed by atoms with Gasteiger partial charge < -0.3 is 9.30 Å². The Morgan fingerprint density at radius 2 is 2.05 bits per heavy atom. The topological polar surface area (TPSA) is 39.9 Å². The molecule has 0 spiro atoms. The van der Waals surface area contributed by atoms with Crippen molar-refractivity contribution >= 4 is 11.0 Å². The average molecular weight is 273 g/mol. The monoisotopic (exact) mass is 273 g/mol. The molecule has 0 saturated carbocycles. The molecule has 2 aromatic heterocycles. The van der Waals surface area contributed by atoms with Crippen molar-refractivity contribution in [1.82, 2.24) is 14.5 Å². The number of hydrogen-bond acceptors (Lipinski definition) is 3. The lowest BCUT2D eigenvalue weighted by Gasteiger charge is -1.99. The number of rotatable bonds is 1. The van der Waals surface area contributed by atoms with Crippen molar-refractivity contribution in [3.8, 4) is 5.75 Å². The van der Waals surface area contributed by atoms with E-state index in [1.165, 1.54) is 18.5 Å². The van der Waals surface area contributed by atoms with Crippen LogP contribution in [0.4, 0.5) is 4.39 Å². The summed E-state index contributed by atoms with van der Waals surface area (Å²) in [7, 11) is 3.67. The van der Waals surface area contributed by atoms with Crippen molar-refractivity contribution < 1.29 is 9.13 Å². The fraction of sp³-hybridized carbons (Fsp3) is 0.200. The summed E-state index contributed by atoms with van der Waals surface area (Å²) >= 11 is 0. The fourth-order valence-electron chi connectivity index (χ4n) is 1.77. The molecule has 0 aliphatic heterocycles. The van der Waals surface area contributed by atoms with Crippen LogP contribution in [0.3, 0.4) is 0 Å². The summed E-state index contributed by atoms with van der Waals surface area (Å²) in [5.74, 6) is 1.58. The van der Waals surface area contributed by atoms with Crippen molar-refractivity contribution in [3.63, 3.8) is 0 Å². The van der Waals surface area contributed by atoms with Gasteiger partial charge in [0.25, 0.3) is 0 Å². The van der Waals surface area contributed by atoms with Crippen LogP contribution < -0.4 is 4.74 Å². The predicted octanol–water partition coefficient (Wildman–Crippen LogP) is 3.11. The first-order valence-electron chi connectivity index (χ1n) is 6.14. The quantitative estimate of drug-likeness (QED) is 0.684. The van der Waals surface area contributed by atoms with E-state index in [-0.39, 0.29) is 5.82 Å². The molecule has 4 nitrogen and oxygen atoms in total. The largest absolute Gasteiger partial charge is 0.497 e. The molecule has 0 fully saturated rings. The fourth-order valence-corrected chi connectivity index (χ4v) is 1.77. The molecule has 3 aromatic rings. The van der Waals surface area contributed by atoms with Gasteiger partial charge in [-0.05, 0) is 31.2 Å². The Kier molecular flexibility index (Phi) is 4.30. The molecule has 0 atom stereocenters. The van der Waals surface area contributed by atoms with Gasteiger partial charge in [-0.1, -0.05) is 0 Å². The Bertz CT molecular complexity index is 695. The number of aryl methyl sites for hydroxylation is 2. The maximum absolute atomic E-state index is 11.8. The molecular weight excluding hydrogens is 257 g/mol. The van der Waals surface area contributed by atoms with Gasteiger partial charge in [0.15, 0.2) is 0 Å². The summed E-state index contributed by atoms with van der Waals surface area (Å²) in [4.78, 5) is 7.91. The minimum Gasteiger partial charge on any atom is -0.497 e. The highest BCUT2D eigenvalue weighted by Crippen LogP contribution is 2.20. The lowest BCUT2D eigenvalue weighted by Crippen LogP contribution is -1.89. The van der Waals surface area contributed by atoms with Crippen molar-refractivity contribution in [3.05, 3.63) is 54.4 Å². The standard InChI is InChI=1S/C10H12N2O.C5H4FN/c1-7-11-9-6-8(13-3)4-5-10(9)12(7)2;6-5-2-1-3-7-4-5/h4-6H,1-3H3;1-4H. The van der Waals surface area contributed by atoms with Gasteiger partial charge in [0.05, 0.1) is 24.3 Å². The van der Waals surface area contributed by atoms with Gasteiger partial charge >= 0.3 is 0 Å². The molecule has 0 aliphatic carbocycles. The lowest BCUT2D eigenvalue weighted by atomic mass is 10.3. The molecule has 1 aromatic carbocycles. The Balaban J connectivity index is 0.000000178. The Morgan fingerprint density at radius 3 is 2.60 bits per heavy atom. The number of halogens is 1. The van der Waals surface area contributed by atoms with Crippen LogP contribution in [0.1, 0.15) is 5.82 Å². The van der Waals surface area contributed by atoms with Crippen LogP contribution in [-0.4, -0.2) is 21.6 Å². The second kappa shape index (κ2) is 6.14. The van der Waals surface area contributed by atoms with E-state index in [0.717, 1.165) is 22.6 Å². The summed E-state index contributed by atoms with van der Waals surface area (Å²) < 4.78 is 19.0. The molecule has 2 heterocycles. The van der Waals surface area contributed by atoms with E-state index in [4.69, 9.17) is 4.74 Å². The Hall–Kier alpha value is -2.43. The average Bonchev–Trinajstić information content (AvgIpc) is 2.75. The minimum atomic E-state index is -0.289.